The van der Waals surface area contributed by atoms with E-state index in [4.69, 9.17) is 33.1 Å². The minimum absolute atomic E-state index is 0.641. The Labute approximate surface area is 252 Å². The first-order valence-electron chi connectivity index (χ1n) is 15.3. The molecule has 6 heteroatoms. The van der Waals surface area contributed by atoms with Crippen molar-refractivity contribution in [1.82, 2.24) is 0 Å². The van der Waals surface area contributed by atoms with Gasteiger partial charge >= 0.3 is 0 Å². The molecule has 0 unspecified atom stereocenters. The van der Waals surface area contributed by atoms with Crippen molar-refractivity contribution in [2.75, 3.05) is 27.7 Å². The third kappa shape index (κ3) is 23.4. The summed E-state index contributed by atoms with van der Waals surface area (Å²) in [4.78, 5) is 0. The van der Waals surface area contributed by atoms with E-state index in [0.29, 0.717) is 11.5 Å². The maximum atomic E-state index is 5.52. The Morgan fingerprint density at radius 1 is 0.564 bits per heavy atom. The molecule has 2 aromatic rings. The molecule has 0 saturated heterocycles. The van der Waals surface area contributed by atoms with Gasteiger partial charge in [-0.15, -0.1) is 0 Å². The van der Waals surface area contributed by atoms with Crippen molar-refractivity contribution in [3.05, 3.63) is 60.7 Å². The van der Waals surface area contributed by atoms with Gasteiger partial charge in [-0.3, -0.25) is 0 Å². The van der Waals surface area contributed by atoms with Crippen molar-refractivity contribution in [2.24, 2.45) is 0 Å². The van der Waals surface area contributed by atoms with Gasteiger partial charge < -0.3 is 25.8 Å². The third-order valence-corrected chi connectivity index (χ3v) is 8.37. The minimum atomic E-state index is -2.72. The quantitative estimate of drug-likeness (QED) is 0.0620. The maximum Gasteiger partial charge on any atom is 0.156 e. The number of rotatable bonds is 21. The zero-order chi connectivity index (χ0) is 28.7. The number of quaternary nitrogens is 1. The molecule has 0 aliphatic carbocycles. The smallest absolute Gasteiger partial charge is 0.156 e. The Balaban J connectivity index is 0.000000400. The van der Waals surface area contributed by atoms with Crippen LogP contribution in [0.5, 0.6) is 11.5 Å². The van der Waals surface area contributed by atoms with Crippen LogP contribution in [0.1, 0.15) is 110 Å². The zero-order valence-electron chi connectivity index (χ0n) is 25.3. The van der Waals surface area contributed by atoms with Crippen molar-refractivity contribution < 1.29 is 13.5 Å². The Hall–Kier alpha value is -1.00. The summed E-state index contributed by atoms with van der Waals surface area (Å²) in [5, 5.41) is 0. The molecule has 0 N–H and O–H groups in total. The molecule has 0 fully saturated rings. The zero-order valence-corrected chi connectivity index (χ0v) is 27.8. The molecular formula is C33H56NO2PS2. The largest absolute Gasteiger partial charge is 0.665 e. The van der Waals surface area contributed by atoms with Crippen LogP contribution in [0.4, 0.5) is 0 Å². The fraction of sp³-hybridized carbons (Fsp3) is 0.636. The van der Waals surface area contributed by atoms with E-state index in [-0.39, 0.29) is 0 Å². The molecule has 0 aliphatic rings. The fourth-order valence-corrected chi connectivity index (χ4v) is 6.20. The molecule has 0 heterocycles. The van der Waals surface area contributed by atoms with E-state index in [1.54, 1.807) is 0 Å². The van der Waals surface area contributed by atoms with Gasteiger partial charge in [0.1, 0.15) is 11.5 Å². The molecule has 0 aromatic heterocycles. The number of hydrogen-bond donors (Lipinski definition) is 0. The van der Waals surface area contributed by atoms with Crippen LogP contribution in [0.15, 0.2) is 60.7 Å². The van der Waals surface area contributed by atoms with Crippen LogP contribution < -0.4 is 9.05 Å². The SMILES string of the molecule is CCCCCCCCCCCCCCCCCC[N+](C)(C)C.S=P([S-])(Oc1ccccc1)Oc1ccccc1. The Bertz CT molecular complexity index is 814. The first-order chi connectivity index (χ1) is 18.7. The second-order valence-corrected chi connectivity index (χ2v) is 16.4. The monoisotopic (exact) mass is 593 g/mol. The highest BCUT2D eigenvalue weighted by Crippen LogP contribution is 2.46. The topological polar surface area (TPSA) is 18.5 Å². The predicted octanol–water partition coefficient (Wildman–Crippen LogP) is 10.9. The standard InChI is InChI=1S/C21H46N.C12H11O2PS2/c1-5-6-7-8-9-10-11-12-13-14-15-16-17-18-19-20-21-22(2,3)4;16-15(17,13-11-7-3-1-4-8-11)14-12-9-5-2-6-10-12/h5-21H2,1-4H3;1-10H,(H,16,17)/q+1;/p-1. The summed E-state index contributed by atoms with van der Waals surface area (Å²) in [6.07, 6.45) is 23.4. The van der Waals surface area contributed by atoms with Crippen LogP contribution in [-0.4, -0.2) is 32.2 Å². The van der Waals surface area contributed by atoms with Crippen LogP contribution in [0, 0.1) is 0 Å². The van der Waals surface area contributed by atoms with Crippen molar-refractivity contribution in [3.63, 3.8) is 0 Å². The number of unbranched alkanes of at least 4 members (excludes halogenated alkanes) is 15. The van der Waals surface area contributed by atoms with Gasteiger partial charge in [0.15, 0.2) is 5.69 Å². The highest BCUT2D eigenvalue weighted by molar-refractivity contribution is 8.51. The van der Waals surface area contributed by atoms with Crippen molar-refractivity contribution in [1.29, 1.82) is 0 Å². The summed E-state index contributed by atoms with van der Waals surface area (Å²) in [7, 11) is 6.89. The van der Waals surface area contributed by atoms with Gasteiger partial charge in [-0.1, -0.05) is 133 Å². The van der Waals surface area contributed by atoms with Crippen LogP contribution >= 0.6 is 5.69 Å². The number of para-hydroxylation sites is 2. The van der Waals surface area contributed by atoms with E-state index in [9.17, 15) is 0 Å². The van der Waals surface area contributed by atoms with Gasteiger partial charge in [0.05, 0.1) is 27.7 Å². The van der Waals surface area contributed by atoms with Gasteiger partial charge in [0, 0.05) is 0 Å². The molecule has 0 spiro atoms. The lowest BCUT2D eigenvalue weighted by molar-refractivity contribution is -0.870. The summed E-state index contributed by atoms with van der Waals surface area (Å²) < 4.78 is 12.2. The Morgan fingerprint density at radius 3 is 1.18 bits per heavy atom. The first kappa shape index (κ1) is 36.0. The predicted molar refractivity (Wildman–Crippen MR) is 178 cm³/mol. The number of nitrogens with zero attached hydrogens (tertiary/aromatic N) is 1. The second kappa shape index (κ2) is 22.7. The summed E-state index contributed by atoms with van der Waals surface area (Å²) in [6, 6.07) is 18.5. The van der Waals surface area contributed by atoms with Crippen LogP contribution in [-0.2, 0) is 24.1 Å². The fourth-order valence-electron chi connectivity index (χ4n) is 4.37. The van der Waals surface area contributed by atoms with E-state index in [1.165, 1.54) is 109 Å². The Kier molecular flexibility index (Phi) is 20.9. The molecule has 2 aromatic carbocycles. The van der Waals surface area contributed by atoms with E-state index >= 15 is 0 Å². The average molecular weight is 594 g/mol. The molecule has 39 heavy (non-hydrogen) atoms. The molecule has 0 bridgehead atoms. The average Bonchev–Trinajstić information content (AvgIpc) is 2.89. The maximum absolute atomic E-state index is 5.52. The molecule has 0 amide bonds. The Morgan fingerprint density at radius 2 is 0.872 bits per heavy atom. The molecule has 2 rings (SSSR count). The van der Waals surface area contributed by atoms with E-state index < -0.39 is 5.69 Å². The van der Waals surface area contributed by atoms with Gasteiger partial charge in [-0.2, -0.15) is 0 Å². The molecular weight excluding hydrogens is 537 g/mol. The van der Waals surface area contributed by atoms with Crippen LogP contribution in [0.25, 0.3) is 0 Å². The van der Waals surface area contributed by atoms with Crippen LogP contribution in [0.3, 0.4) is 0 Å². The van der Waals surface area contributed by atoms with E-state index in [1.807, 2.05) is 60.7 Å². The highest BCUT2D eigenvalue weighted by atomic mass is 32.9. The lowest BCUT2D eigenvalue weighted by Crippen LogP contribution is -2.35. The summed E-state index contributed by atoms with van der Waals surface area (Å²) in [5.74, 6) is 1.28. The van der Waals surface area contributed by atoms with Crippen molar-refractivity contribution in [2.45, 2.75) is 110 Å². The van der Waals surface area contributed by atoms with Gasteiger partial charge in [-0.05, 0) is 48.9 Å². The molecule has 0 saturated carbocycles. The van der Waals surface area contributed by atoms with Gasteiger partial charge in [0.2, 0.25) is 0 Å². The van der Waals surface area contributed by atoms with Crippen molar-refractivity contribution >= 4 is 29.7 Å². The molecule has 3 nitrogen and oxygen atoms in total. The normalized spacial score (nSPS) is 11.5. The van der Waals surface area contributed by atoms with Gasteiger partial charge in [-0.25, -0.2) is 0 Å². The number of benzene rings is 2. The highest BCUT2D eigenvalue weighted by Gasteiger charge is 2.06. The number of hydrogen-bond acceptors (Lipinski definition) is 4. The summed E-state index contributed by atoms with van der Waals surface area (Å²) in [6.45, 7) is 3.63. The first-order valence-corrected chi connectivity index (χ1v) is 19.0. The molecule has 222 valence electrons. The molecule has 0 aliphatic heterocycles. The summed E-state index contributed by atoms with van der Waals surface area (Å²) in [5.41, 5.74) is -2.72. The molecule has 0 radical (unpaired) electrons. The second-order valence-electron chi connectivity index (χ2n) is 11.6. The van der Waals surface area contributed by atoms with Crippen LogP contribution in [0.2, 0.25) is 0 Å². The lowest BCUT2D eigenvalue weighted by atomic mass is 10.0. The van der Waals surface area contributed by atoms with Crippen molar-refractivity contribution in [3.8, 4) is 11.5 Å². The lowest BCUT2D eigenvalue weighted by Gasteiger charge is -2.29. The van der Waals surface area contributed by atoms with Gasteiger partial charge in [0.25, 0.3) is 0 Å². The summed E-state index contributed by atoms with van der Waals surface area (Å²) >= 11 is 10.4. The molecule has 0 atom stereocenters. The minimum Gasteiger partial charge on any atom is -0.665 e. The van der Waals surface area contributed by atoms with E-state index in [2.05, 4.69) is 28.1 Å². The van der Waals surface area contributed by atoms with E-state index in [0.717, 1.165) is 4.48 Å². The third-order valence-electron chi connectivity index (χ3n) is 6.60.